The molecule has 0 bridgehead atoms. The zero-order valence-corrected chi connectivity index (χ0v) is 14.8. The van der Waals surface area contributed by atoms with Gasteiger partial charge in [-0.1, -0.05) is 54.9 Å². The van der Waals surface area contributed by atoms with E-state index in [9.17, 15) is 4.79 Å². The van der Waals surface area contributed by atoms with Gasteiger partial charge in [0.25, 0.3) is 5.91 Å². The fourth-order valence-corrected chi connectivity index (χ4v) is 3.22. The molecule has 0 aromatic heterocycles. The SMILES string of the molecule is CCCC1N(C)C(=O)C(C(C)(C)C)=C(C(C)(C)C)N1C. The molecule has 20 heavy (non-hydrogen) atoms. The minimum atomic E-state index is -0.139. The number of rotatable bonds is 2. The molecule has 0 saturated heterocycles. The second kappa shape index (κ2) is 5.42. The Labute approximate surface area is 125 Å². The molecule has 0 fully saturated rings. The average molecular weight is 280 g/mol. The summed E-state index contributed by atoms with van der Waals surface area (Å²) in [5.41, 5.74) is 1.99. The first kappa shape index (κ1) is 17.1. The van der Waals surface area contributed by atoms with Crippen LogP contribution in [0.1, 0.15) is 61.3 Å². The quantitative estimate of drug-likeness (QED) is 0.767. The van der Waals surface area contributed by atoms with E-state index in [4.69, 9.17) is 0 Å². The first-order valence-electron chi connectivity index (χ1n) is 7.68. The van der Waals surface area contributed by atoms with Crippen LogP contribution in [0.3, 0.4) is 0 Å². The Kier molecular flexibility index (Phi) is 4.62. The summed E-state index contributed by atoms with van der Waals surface area (Å²) in [6.07, 6.45) is 2.26. The Bertz CT molecular complexity index is 410. The summed E-state index contributed by atoms with van der Waals surface area (Å²) in [7, 11) is 4.07. The monoisotopic (exact) mass is 280 g/mol. The molecule has 1 aliphatic rings. The van der Waals surface area contributed by atoms with Crippen LogP contribution in [0, 0.1) is 10.8 Å². The van der Waals surface area contributed by atoms with E-state index in [2.05, 4.69) is 60.4 Å². The van der Waals surface area contributed by atoms with Crippen molar-refractivity contribution in [2.24, 2.45) is 10.8 Å². The largest absolute Gasteiger partial charge is 0.357 e. The summed E-state index contributed by atoms with van der Waals surface area (Å²) in [4.78, 5) is 17.1. The Morgan fingerprint density at radius 3 is 1.80 bits per heavy atom. The molecule has 0 spiro atoms. The van der Waals surface area contributed by atoms with Crippen LogP contribution in [0.2, 0.25) is 0 Å². The minimum absolute atomic E-state index is 0.0275. The van der Waals surface area contributed by atoms with Crippen LogP contribution in [-0.2, 0) is 4.79 Å². The molecule has 0 aromatic carbocycles. The van der Waals surface area contributed by atoms with Crippen LogP contribution in [-0.4, -0.2) is 36.0 Å². The van der Waals surface area contributed by atoms with E-state index in [-0.39, 0.29) is 22.9 Å². The molecule has 1 atom stereocenters. The van der Waals surface area contributed by atoms with Gasteiger partial charge in [-0.25, -0.2) is 0 Å². The third-order valence-electron chi connectivity index (χ3n) is 4.03. The molecule has 1 rings (SSSR count). The maximum absolute atomic E-state index is 12.9. The smallest absolute Gasteiger partial charge is 0.253 e. The number of likely N-dealkylation sites (N-methyl/N-ethyl adjacent to an activating group) is 1. The number of nitrogens with zero attached hydrogens (tertiary/aromatic N) is 2. The van der Waals surface area contributed by atoms with Gasteiger partial charge in [0.1, 0.15) is 6.17 Å². The summed E-state index contributed by atoms with van der Waals surface area (Å²) >= 11 is 0. The number of allylic oxidation sites excluding steroid dienone is 1. The summed E-state index contributed by atoms with van der Waals surface area (Å²) in [5, 5.41) is 0. The Hall–Kier alpha value is -0.990. The lowest BCUT2D eigenvalue weighted by molar-refractivity contribution is -0.135. The van der Waals surface area contributed by atoms with Gasteiger partial charge in [-0.3, -0.25) is 4.79 Å². The fourth-order valence-electron chi connectivity index (χ4n) is 3.22. The third-order valence-corrected chi connectivity index (χ3v) is 4.03. The minimum Gasteiger partial charge on any atom is -0.357 e. The van der Waals surface area contributed by atoms with Gasteiger partial charge < -0.3 is 9.80 Å². The highest BCUT2D eigenvalue weighted by Crippen LogP contribution is 2.43. The summed E-state index contributed by atoms with van der Waals surface area (Å²) < 4.78 is 0. The molecule has 1 aliphatic heterocycles. The van der Waals surface area contributed by atoms with Gasteiger partial charge in [0.15, 0.2) is 0 Å². The van der Waals surface area contributed by atoms with Crippen LogP contribution < -0.4 is 0 Å². The first-order valence-corrected chi connectivity index (χ1v) is 7.68. The van der Waals surface area contributed by atoms with Gasteiger partial charge in [-0.2, -0.15) is 0 Å². The molecule has 116 valence electrons. The van der Waals surface area contributed by atoms with Crippen molar-refractivity contribution in [3.63, 3.8) is 0 Å². The fraction of sp³-hybridized carbons (Fsp3) is 0.824. The van der Waals surface area contributed by atoms with Crippen molar-refractivity contribution >= 4 is 5.91 Å². The highest BCUT2D eigenvalue weighted by Gasteiger charge is 2.43. The number of carbonyl (C=O) groups is 1. The van der Waals surface area contributed by atoms with Gasteiger partial charge in [-0.05, 0) is 11.8 Å². The molecule has 3 nitrogen and oxygen atoms in total. The van der Waals surface area contributed by atoms with E-state index in [0.717, 1.165) is 18.4 Å². The van der Waals surface area contributed by atoms with Crippen LogP contribution in [0.15, 0.2) is 11.3 Å². The molecule has 1 heterocycles. The van der Waals surface area contributed by atoms with Gasteiger partial charge in [0.2, 0.25) is 0 Å². The van der Waals surface area contributed by atoms with Gasteiger partial charge in [0, 0.05) is 30.8 Å². The Morgan fingerprint density at radius 2 is 1.45 bits per heavy atom. The van der Waals surface area contributed by atoms with E-state index in [0.29, 0.717) is 0 Å². The van der Waals surface area contributed by atoms with Crippen molar-refractivity contribution in [1.29, 1.82) is 0 Å². The lowest BCUT2D eigenvalue weighted by atomic mass is 9.76. The molecule has 0 N–H and O–H groups in total. The van der Waals surface area contributed by atoms with Crippen LogP contribution in [0.25, 0.3) is 0 Å². The lowest BCUT2D eigenvalue weighted by Gasteiger charge is -2.49. The van der Waals surface area contributed by atoms with Gasteiger partial charge >= 0.3 is 0 Å². The van der Waals surface area contributed by atoms with Crippen molar-refractivity contribution in [1.82, 2.24) is 9.80 Å². The Balaban J connectivity index is 3.51. The van der Waals surface area contributed by atoms with E-state index >= 15 is 0 Å². The number of amides is 1. The highest BCUT2D eigenvalue weighted by molar-refractivity contribution is 5.96. The normalized spacial score (nSPS) is 21.9. The predicted molar refractivity (Wildman–Crippen MR) is 85.2 cm³/mol. The zero-order valence-electron chi connectivity index (χ0n) is 14.8. The van der Waals surface area contributed by atoms with Crippen LogP contribution in [0.4, 0.5) is 0 Å². The number of hydrogen-bond donors (Lipinski definition) is 0. The maximum atomic E-state index is 12.9. The van der Waals surface area contributed by atoms with E-state index < -0.39 is 0 Å². The number of carbonyl (C=O) groups excluding carboxylic acids is 1. The second-order valence-electron chi connectivity index (χ2n) is 8.02. The van der Waals surface area contributed by atoms with E-state index in [1.165, 1.54) is 5.70 Å². The average Bonchev–Trinajstić information content (AvgIpc) is 2.25. The number of hydrogen-bond acceptors (Lipinski definition) is 2. The standard InChI is InChI=1S/C17H32N2O/c1-10-11-12-18(8)14(17(5,6)7)13(16(2,3)4)15(20)19(12)9/h12H,10-11H2,1-9H3. The molecule has 1 amide bonds. The summed E-state index contributed by atoms with van der Waals surface area (Å²) in [6, 6.07) is 0. The molecular formula is C17H32N2O. The molecule has 3 heteroatoms. The van der Waals surface area contributed by atoms with Crippen molar-refractivity contribution in [2.75, 3.05) is 14.1 Å². The highest BCUT2D eigenvalue weighted by atomic mass is 16.2. The maximum Gasteiger partial charge on any atom is 0.253 e. The molecular weight excluding hydrogens is 248 g/mol. The molecule has 0 radical (unpaired) electrons. The summed E-state index contributed by atoms with van der Waals surface area (Å²) in [5.74, 6) is 0.193. The predicted octanol–water partition coefficient (Wildman–Crippen LogP) is 3.86. The topological polar surface area (TPSA) is 23.6 Å². The first-order chi connectivity index (χ1) is 8.92. The van der Waals surface area contributed by atoms with Crippen molar-refractivity contribution < 1.29 is 4.79 Å². The van der Waals surface area contributed by atoms with E-state index in [1.807, 2.05) is 11.9 Å². The zero-order chi connectivity index (χ0) is 15.9. The van der Waals surface area contributed by atoms with Gasteiger partial charge in [-0.15, -0.1) is 0 Å². The lowest BCUT2D eigenvalue weighted by Crippen LogP contribution is -2.55. The molecule has 0 saturated carbocycles. The van der Waals surface area contributed by atoms with Crippen molar-refractivity contribution in [2.45, 2.75) is 67.5 Å². The van der Waals surface area contributed by atoms with E-state index in [1.54, 1.807) is 0 Å². The van der Waals surface area contributed by atoms with Crippen molar-refractivity contribution in [3.05, 3.63) is 11.3 Å². The van der Waals surface area contributed by atoms with Crippen molar-refractivity contribution in [3.8, 4) is 0 Å². The van der Waals surface area contributed by atoms with Crippen LogP contribution >= 0.6 is 0 Å². The molecule has 0 aromatic rings. The molecule has 1 unspecified atom stereocenters. The van der Waals surface area contributed by atoms with Crippen LogP contribution in [0.5, 0.6) is 0 Å². The van der Waals surface area contributed by atoms with Gasteiger partial charge in [0.05, 0.1) is 0 Å². The summed E-state index contributed by atoms with van der Waals surface area (Å²) in [6.45, 7) is 15.2. The second-order valence-corrected chi connectivity index (χ2v) is 8.02. The Morgan fingerprint density at radius 1 is 0.950 bits per heavy atom. The third kappa shape index (κ3) is 3.02. The molecule has 0 aliphatic carbocycles.